The highest BCUT2D eigenvalue weighted by molar-refractivity contribution is 5.57. The van der Waals surface area contributed by atoms with Crippen molar-refractivity contribution in [3.63, 3.8) is 0 Å². The van der Waals surface area contributed by atoms with E-state index >= 15 is 0 Å². The van der Waals surface area contributed by atoms with Crippen LogP contribution in [0.3, 0.4) is 0 Å². The summed E-state index contributed by atoms with van der Waals surface area (Å²) < 4.78 is 0. The van der Waals surface area contributed by atoms with Crippen molar-refractivity contribution in [3.05, 3.63) is 76.9 Å². The van der Waals surface area contributed by atoms with Crippen molar-refractivity contribution in [1.82, 2.24) is 4.90 Å². The van der Waals surface area contributed by atoms with Gasteiger partial charge in [-0.1, -0.05) is 66.2 Å². The maximum atomic E-state index is 12.0. The molecule has 1 saturated carbocycles. The molecule has 0 heterocycles. The first kappa shape index (κ1) is 17.9. The monoisotopic (exact) mass is 335 g/mol. The van der Waals surface area contributed by atoms with Crippen molar-refractivity contribution in [2.75, 3.05) is 20.6 Å². The SMILES string of the molecule is Cc1ccc(C2(O)C(=Cc3ccccc3)CCCC2CN(C)C)cc1. The molecule has 2 nitrogen and oxygen atoms in total. The molecule has 25 heavy (non-hydrogen) atoms. The van der Waals surface area contributed by atoms with Gasteiger partial charge in [0.2, 0.25) is 0 Å². The minimum absolute atomic E-state index is 0.203. The van der Waals surface area contributed by atoms with Crippen molar-refractivity contribution in [2.45, 2.75) is 31.8 Å². The number of rotatable bonds is 4. The van der Waals surface area contributed by atoms with Gasteiger partial charge in [0.25, 0.3) is 0 Å². The Morgan fingerprint density at radius 2 is 1.76 bits per heavy atom. The van der Waals surface area contributed by atoms with E-state index in [2.05, 4.69) is 80.5 Å². The summed E-state index contributed by atoms with van der Waals surface area (Å²) in [6, 6.07) is 18.8. The van der Waals surface area contributed by atoms with Crippen LogP contribution in [-0.2, 0) is 5.60 Å². The lowest BCUT2D eigenvalue weighted by molar-refractivity contribution is -0.0174. The molecule has 132 valence electrons. The van der Waals surface area contributed by atoms with Gasteiger partial charge in [-0.05, 0) is 57.0 Å². The number of nitrogens with zero attached hydrogens (tertiary/aromatic N) is 1. The van der Waals surface area contributed by atoms with Crippen LogP contribution in [0.5, 0.6) is 0 Å². The first-order valence-electron chi connectivity index (χ1n) is 9.20. The van der Waals surface area contributed by atoms with Gasteiger partial charge < -0.3 is 10.0 Å². The van der Waals surface area contributed by atoms with Crippen LogP contribution in [0.4, 0.5) is 0 Å². The molecule has 0 bridgehead atoms. The number of aryl methyl sites for hydroxylation is 1. The molecule has 0 amide bonds. The molecule has 0 spiro atoms. The Labute approximate surface area is 151 Å². The highest BCUT2D eigenvalue weighted by Gasteiger charge is 2.44. The number of aliphatic hydroxyl groups is 1. The molecule has 1 N–H and O–H groups in total. The van der Waals surface area contributed by atoms with Crippen LogP contribution >= 0.6 is 0 Å². The van der Waals surface area contributed by atoms with Crippen LogP contribution in [0, 0.1) is 12.8 Å². The van der Waals surface area contributed by atoms with E-state index in [4.69, 9.17) is 0 Å². The second-order valence-corrected chi connectivity index (χ2v) is 7.56. The molecule has 2 unspecified atom stereocenters. The summed E-state index contributed by atoms with van der Waals surface area (Å²) in [5.41, 5.74) is 3.65. The zero-order valence-corrected chi connectivity index (χ0v) is 15.6. The van der Waals surface area contributed by atoms with Gasteiger partial charge in [0.05, 0.1) is 0 Å². The molecule has 1 aliphatic rings. The number of hydrogen-bond acceptors (Lipinski definition) is 2. The Morgan fingerprint density at radius 1 is 1.08 bits per heavy atom. The first-order valence-corrected chi connectivity index (χ1v) is 9.20. The quantitative estimate of drug-likeness (QED) is 0.881. The third-order valence-electron chi connectivity index (χ3n) is 5.30. The molecule has 2 aromatic rings. The van der Waals surface area contributed by atoms with Crippen molar-refractivity contribution in [3.8, 4) is 0 Å². The molecular weight excluding hydrogens is 306 g/mol. The lowest BCUT2D eigenvalue weighted by Crippen LogP contribution is -2.44. The third kappa shape index (κ3) is 3.86. The third-order valence-corrected chi connectivity index (χ3v) is 5.30. The summed E-state index contributed by atoms with van der Waals surface area (Å²) in [6.07, 6.45) is 5.32. The van der Waals surface area contributed by atoms with Crippen LogP contribution < -0.4 is 0 Å². The topological polar surface area (TPSA) is 23.5 Å². The van der Waals surface area contributed by atoms with Gasteiger partial charge >= 0.3 is 0 Å². The fourth-order valence-corrected chi connectivity index (χ4v) is 4.03. The van der Waals surface area contributed by atoms with E-state index in [0.29, 0.717) is 0 Å². The van der Waals surface area contributed by atoms with Gasteiger partial charge in [-0.15, -0.1) is 0 Å². The van der Waals surface area contributed by atoms with Crippen molar-refractivity contribution in [1.29, 1.82) is 0 Å². The molecule has 0 saturated heterocycles. The van der Waals surface area contributed by atoms with E-state index in [-0.39, 0.29) is 5.92 Å². The van der Waals surface area contributed by atoms with Gasteiger partial charge in [-0.3, -0.25) is 0 Å². The Kier molecular flexibility index (Phi) is 5.41. The zero-order chi connectivity index (χ0) is 17.9. The fourth-order valence-electron chi connectivity index (χ4n) is 4.03. The molecule has 0 aliphatic heterocycles. The van der Waals surface area contributed by atoms with Crippen LogP contribution in [-0.4, -0.2) is 30.6 Å². The van der Waals surface area contributed by atoms with E-state index in [1.807, 2.05) is 6.07 Å². The minimum atomic E-state index is -0.897. The lowest BCUT2D eigenvalue weighted by atomic mass is 9.67. The molecule has 1 fully saturated rings. The second kappa shape index (κ2) is 7.55. The predicted molar refractivity (Wildman–Crippen MR) is 105 cm³/mol. The maximum Gasteiger partial charge on any atom is 0.115 e. The summed E-state index contributed by atoms with van der Waals surface area (Å²) in [6.45, 7) is 2.98. The van der Waals surface area contributed by atoms with Gasteiger partial charge in [0, 0.05) is 12.5 Å². The largest absolute Gasteiger partial charge is 0.380 e. The van der Waals surface area contributed by atoms with E-state index in [0.717, 1.165) is 42.5 Å². The van der Waals surface area contributed by atoms with E-state index in [1.165, 1.54) is 5.56 Å². The number of benzene rings is 2. The maximum absolute atomic E-state index is 12.0. The molecule has 2 aromatic carbocycles. The standard InChI is InChI=1S/C23H29NO/c1-18-12-14-20(15-13-18)23(25)21(16-19-8-5-4-6-9-19)10-7-11-22(23)17-24(2)3/h4-6,8-9,12-16,22,25H,7,10-11,17H2,1-3H3. The van der Waals surface area contributed by atoms with Crippen LogP contribution in [0.15, 0.2) is 60.2 Å². The molecule has 2 atom stereocenters. The Bertz CT molecular complexity index is 718. The average molecular weight is 335 g/mol. The lowest BCUT2D eigenvalue weighted by Gasteiger charge is -2.44. The summed E-state index contributed by atoms with van der Waals surface area (Å²) in [4.78, 5) is 2.19. The molecule has 0 radical (unpaired) electrons. The summed E-state index contributed by atoms with van der Waals surface area (Å²) in [5, 5.41) is 12.0. The summed E-state index contributed by atoms with van der Waals surface area (Å²) in [7, 11) is 4.18. The van der Waals surface area contributed by atoms with E-state index in [9.17, 15) is 5.11 Å². The number of hydrogen-bond donors (Lipinski definition) is 1. The normalized spacial score (nSPS) is 25.5. The Morgan fingerprint density at radius 3 is 2.40 bits per heavy atom. The van der Waals surface area contributed by atoms with Gasteiger partial charge in [-0.2, -0.15) is 0 Å². The molecule has 1 aliphatic carbocycles. The van der Waals surface area contributed by atoms with Gasteiger partial charge in [0.1, 0.15) is 5.60 Å². The van der Waals surface area contributed by atoms with E-state index < -0.39 is 5.60 Å². The van der Waals surface area contributed by atoms with Crippen LogP contribution in [0.25, 0.3) is 6.08 Å². The zero-order valence-electron chi connectivity index (χ0n) is 15.6. The molecular formula is C23H29NO. The summed E-state index contributed by atoms with van der Waals surface area (Å²) in [5.74, 6) is 0.203. The Hall–Kier alpha value is -1.90. The smallest absolute Gasteiger partial charge is 0.115 e. The Balaban J connectivity index is 2.08. The fraction of sp³-hybridized carbons (Fsp3) is 0.391. The average Bonchev–Trinajstić information content (AvgIpc) is 2.60. The van der Waals surface area contributed by atoms with Crippen molar-refractivity contribution in [2.24, 2.45) is 5.92 Å². The summed E-state index contributed by atoms with van der Waals surface area (Å²) >= 11 is 0. The second-order valence-electron chi connectivity index (χ2n) is 7.56. The minimum Gasteiger partial charge on any atom is -0.380 e. The predicted octanol–water partition coefficient (Wildman–Crippen LogP) is 4.63. The van der Waals surface area contributed by atoms with E-state index in [1.54, 1.807) is 0 Å². The molecule has 0 aromatic heterocycles. The highest BCUT2D eigenvalue weighted by Crippen LogP contribution is 2.46. The van der Waals surface area contributed by atoms with Gasteiger partial charge in [-0.25, -0.2) is 0 Å². The van der Waals surface area contributed by atoms with Gasteiger partial charge in [0.15, 0.2) is 0 Å². The van der Waals surface area contributed by atoms with Crippen LogP contribution in [0.2, 0.25) is 0 Å². The molecule has 3 rings (SSSR count). The molecule has 2 heteroatoms. The van der Waals surface area contributed by atoms with Crippen LogP contribution in [0.1, 0.15) is 36.0 Å². The highest BCUT2D eigenvalue weighted by atomic mass is 16.3. The van der Waals surface area contributed by atoms with Crippen molar-refractivity contribution >= 4 is 6.08 Å². The first-order chi connectivity index (χ1) is 12.0. The van der Waals surface area contributed by atoms with Crippen molar-refractivity contribution < 1.29 is 5.11 Å².